The molecule has 0 radical (unpaired) electrons. The van der Waals surface area contributed by atoms with Gasteiger partial charge in [0.15, 0.2) is 0 Å². The van der Waals surface area contributed by atoms with Crippen LogP contribution in [0.2, 0.25) is 0 Å². The summed E-state index contributed by atoms with van der Waals surface area (Å²) in [7, 11) is -0.617. The summed E-state index contributed by atoms with van der Waals surface area (Å²) in [5.74, 6) is 0.0188. The third-order valence-electron chi connectivity index (χ3n) is 6.03. The van der Waals surface area contributed by atoms with Crippen molar-refractivity contribution < 1.29 is 18.0 Å². The lowest BCUT2D eigenvalue weighted by Gasteiger charge is -2.37. The number of nitrogens with one attached hydrogen (secondary N) is 1. The van der Waals surface area contributed by atoms with Crippen LogP contribution in [0, 0.1) is 0 Å². The number of carbonyl (C=O) groups is 2. The maximum absolute atomic E-state index is 12.8. The minimum Gasteiger partial charge on any atom is -0.342 e. The molecule has 1 unspecified atom stereocenters. The third kappa shape index (κ3) is 5.82. The van der Waals surface area contributed by atoms with Gasteiger partial charge in [-0.2, -0.15) is 0 Å². The van der Waals surface area contributed by atoms with E-state index in [9.17, 15) is 18.0 Å². The predicted molar refractivity (Wildman–Crippen MR) is 119 cm³/mol. The summed E-state index contributed by atoms with van der Waals surface area (Å²) in [4.78, 5) is 31.4. The van der Waals surface area contributed by atoms with Crippen LogP contribution in [0.4, 0.5) is 5.69 Å². The summed E-state index contributed by atoms with van der Waals surface area (Å²) in [5.41, 5.74) is 0.453. The number of likely N-dealkylation sites (tertiary alicyclic amines) is 1. The number of benzene rings is 1. The molecule has 31 heavy (non-hydrogen) atoms. The van der Waals surface area contributed by atoms with E-state index in [1.54, 1.807) is 12.1 Å². The number of carbonyl (C=O) groups excluding carboxylic acids is 2. The Balaban J connectivity index is 1.51. The van der Waals surface area contributed by atoms with Gasteiger partial charge in [0.2, 0.25) is 21.8 Å². The van der Waals surface area contributed by atoms with E-state index in [1.165, 1.54) is 26.2 Å². The second kappa shape index (κ2) is 10.1. The van der Waals surface area contributed by atoms with Gasteiger partial charge in [0, 0.05) is 59.1 Å². The lowest BCUT2D eigenvalue weighted by atomic mass is 10.2. The largest absolute Gasteiger partial charge is 0.342 e. The Hall–Kier alpha value is -2.01. The minimum atomic E-state index is -3.56. The second-order valence-corrected chi connectivity index (χ2v) is 10.5. The maximum Gasteiger partial charge on any atom is 0.242 e. The topological polar surface area (TPSA) is 93.3 Å². The van der Waals surface area contributed by atoms with Gasteiger partial charge in [0.25, 0.3) is 0 Å². The fraction of sp³-hybridized carbons (Fsp3) is 0.619. The molecule has 1 atom stereocenters. The average molecular weight is 452 g/mol. The standard InChI is InChI=1S/C21H33N5O4S/c1-17(21(28)22-18-7-6-8-19(15-18)31(29,30)23(2)3)25-13-11-24(12-14-25)16-20(27)26-9-4-5-10-26/h6-8,15,17H,4-5,9-14,16H2,1-3H3,(H,22,28). The number of piperazine rings is 1. The lowest BCUT2D eigenvalue weighted by molar-refractivity contribution is -0.132. The molecular formula is C21H33N5O4S. The molecule has 0 aliphatic carbocycles. The van der Waals surface area contributed by atoms with E-state index in [1.807, 2.05) is 11.8 Å². The van der Waals surface area contributed by atoms with Gasteiger partial charge in [0.1, 0.15) is 0 Å². The molecule has 2 aliphatic heterocycles. The zero-order valence-electron chi connectivity index (χ0n) is 18.6. The predicted octanol–water partition coefficient (Wildman–Crippen LogP) is 0.504. The molecule has 1 aromatic rings. The summed E-state index contributed by atoms with van der Waals surface area (Å²) in [5, 5.41) is 2.83. The van der Waals surface area contributed by atoms with Gasteiger partial charge in [-0.1, -0.05) is 6.07 Å². The molecule has 0 spiro atoms. The van der Waals surface area contributed by atoms with Crippen molar-refractivity contribution in [1.82, 2.24) is 19.0 Å². The molecule has 2 heterocycles. The molecule has 172 valence electrons. The molecule has 9 nitrogen and oxygen atoms in total. The zero-order chi connectivity index (χ0) is 22.6. The van der Waals surface area contributed by atoms with Crippen molar-refractivity contribution in [3.05, 3.63) is 24.3 Å². The quantitative estimate of drug-likeness (QED) is 0.649. The monoisotopic (exact) mass is 451 g/mol. The van der Waals surface area contributed by atoms with Crippen molar-refractivity contribution in [3.8, 4) is 0 Å². The first kappa shape index (κ1) is 23.6. The van der Waals surface area contributed by atoms with Crippen LogP contribution in [-0.2, 0) is 19.6 Å². The Morgan fingerprint density at radius 1 is 1.06 bits per heavy atom. The number of hydrogen-bond acceptors (Lipinski definition) is 6. The molecule has 1 N–H and O–H groups in total. The van der Waals surface area contributed by atoms with Crippen LogP contribution in [0.3, 0.4) is 0 Å². The number of sulfonamides is 1. The highest BCUT2D eigenvalue weighted by atomic mass is 32.2. The smallest absolute Gasteiger partial charge is 0.242 e. The number of rotatable bonds is 7. The van der Waals surface area contributed by atoms with Crippen LogP contribution >= 0.6 is 0 Å². The number of hydrogen-bond donors (Lipinski definition) is 1. The average Bonchev–Trinajstić information content (AvgIpc) is 3.29. The summed E-state index contributed by atoms with van der Waals surface area (Å²) in [6, 6.07) is 5.93. The highest BCUT2D eigenvalue weighted by Crippen LogP contribution is 2.19. The minimum absolute atomic E-state index is 0.138. The molecular weight excluding hydrogens is 418 g/mol. The first-order chi connectivity index (χ1) is 14.7. The Morgan fingerprint density at radius 2 is 1.71 bits per heavy atom. The normalized spacial score (nSPS) is 19.5. The van der Waals surface area contributed by atoms with E-state index in [4.69, 9.17) is 0 Å². The molecule has 3 rings (SSSR count). The Kier molecular flexibility index (Phi) is 7.68. The van der Waals surface area contributed by atoms with Gasteiger partial charge < -0.3 is 10.2 Å². The second-order valence-electron chi connectivity index (χ2n) is 8.38. The summed E-state index contributed by atoms with van der Waals surface area (Å²) in [6.45, 7) is 6.93. The number of nitrogens with zero attached hydrogens (tertiary/aromatic N) is 4. The van der Waals surface area contributed by atoms with E-state index in [2.05, 4.69) is 15.1 Å². The van der Waals surface area contributed by atoms with E-state index >= 15 is 0 Å². The Labute approximate surface area is 185 Å². The molecule has 0 aromatic heterocycles. The first-order valence-electron chi connectivity index (χ1n) is 10.8. The van der Waals surface area contributed by atoms with Gasteiger partial charge in [-0.25, -0.2) is 12.7 Å². The van der Waals surface area contributed by atoms with E-state index in [0.29, 0.717) is 25.3 Å². The van der Waals surface area contributed by atoms with Crippen LogP contribution in [0.15, 0.2) is 29.2 Å². The Bertz CT molecular complexity index is 891. The molecule has 1 aromatic carbocycles. The van der Waals surface area contributed by atoms with Gasteiger partial charge in [-0.3, -0.25) is 19.4 Å². The van der Waals surface area contributed by atoms with Crippen LogP contribution in [0.1, 0.15) is 19.8 Å². The number of anilines is 1. The van der Waals surface area contributed by atoms with Gasteiger partial charge in [0.05, 0.1) is 17.5 Å². The first-order valence-corrected chi connectivity index (χ1v) is 12.2. The summed E-state index contributed by atoms with van der Waals surface area (Å²) >= 11 is 0. The molecule has 10 heteroatoms. The molecule has 2 amide bonds. The fourth-order valence-corrected chi connectivity index (χ4v) is 4.87. The van der Waals surface area contributed by atoms with Crippen molar-refractivity contribution >= 4 is 27.5 Å². The van der Waals surface area contributed by atoms with Crippen LogP contribution in [-0.4, -0.2) is 105 Å². The Morgan fingerprint density at radius 3 is 2.32 bits per heavy atom. The van der Waals surface area contributed by atoms with Gasteiger partial charge in [-0.05, 0) is 38.0 Å². The number of amides is 2. The molecule has 2 aliphatic rings. The van der Waals surface area contributed by atoms with Gasteiger partial charge in [-0.15, -0.1) is 0 Å². The van der Waals surface area contributed by atoms with Crippen molar-refractivity contribution in [2.45, 2.75) is 30.7 Å². The molecule has 2 fully saturated rings. The molecule has 0 saturated carbocycles. The highest BCUT2D eigenvalue weighted by molar-refractivity contribution is 7.89. The molecule has 2 saturated heterocycles. The van der Waals surface area contributed by atoms with Crippen LogP contribution in [0.5, 0.6) is 0 Å². The SMILES string of the molecule is CC(C(=O)Nc1cccc(S(=O)(=O)N(C)C)c1)N1CCN(CC(=O)N2CCCC2)CC1. The lowest BCUT2D eigenvalue weighted by Crippen LogP contribution is -2.54. The third-order valence-corrected chi connectivity index (χ3v) is 7.84. The highest BCUT2D eigenvalue weighted by Gasteiger charge is 2.28. The summed E-state index contributed by atoms with van der Waals surface area (Å²) < 4.78 is 25.8. The maximum atomic E-state index is 12.8. The van der Waals surface area contributed by atoms with Crippen molar-refractivity contribution in [2.75, 3.05) is 65.2 Å². The van der Waals surface area contributed by atoms with Crippen molar-refractivity contribution in [1.29, 1.82) is 0 Å². The fourth-order valence-electron chi connectivity index (χ4n) is 3.92. The van der Waals surface area contributed by atoms with E-state index < -0.39 is 10.0 Å². The summed E-state index contributed by atoms with van der Waals surface area (Å²) in [6.07, 6.45) is 2.19. The van der Waals surface area contributed by atoms with Gasteiger partial charge >= 0.3 is 0 Å². The molecule has 0 bridgehead atoms. The van der Waals surface area contributed by atoms with E-state index in [-0.39, 0.29) is 22.8 Å². The van der Waals surface area contributed by atoms with Crippen molar-refractivity contribution in [3.63, 3.8) is 0 Å². The van der Waals surface area contributed by atoms with Crippen molar-refractivity contribution in [2.24, 2.45) is 0 Å². The van der Waals surface area contributed by atoms with E-state index in [0.717, 1.165) is 43.3 Å². The van der Waals surface area contributed by atoms with Crippen LogP contribution in [0.25, 0.3) is 0 Å². The zero-order valence-corrected chi connectivity index (χ0v) is 19.4. The van der Waals surface area contributed by atoms with Crippen LogP contribution < -0.4 is 5.32 Å².